The highest BCUT2D eigenvalue weighted by Gasteiger charge is 2.37. The Morgan fingerprint density at radius 1 is 0.723 bits per heavy atom. The molecule has 1 saturated heterocycles. The molecular weight excluding hydrogens is 627 g/mol. The second kappa shape index (κ2) is 13.9. The van der Waals surface area contributed by atoms with E-state index in [-0.39, 0.29) is 23.9 Å². The zero-order valence-electron chi connectivity index (χ0n) is 24.9. The van der Waals surface area contributed by atoms with Gasteiger partial charge in [-0.15, -0.1) is 0 Å². The predicted octanol–water partition coefficient (Wildman–Crippen LogP) is 8.50. The first-order chi connectivity index (χ1) is 22.3. The minimum absolute atomic E-state index is 0.00406. The van der Waals surface area contributed by atoms with Crippen molar-refractivity contribution in [3.63, 3.8) is 0 Å². The van der Waals surface area contributed by atoms with Gasteiger partial charge in [-0.1, -0.05) is 42.5 Å². The number of carbonyl (C=O) groups excluding carboxylic acids is 2. The van der Waals surface area contributed by atoms with Gasteiger partial charge in [-0.2, -0.15) is 26.3 Å². The number of carbonyl (C=O) groups is 2. The third-order valence-electron chi connectivity index (χ3n) is 8.04. The molecule has 4 aromatic carbocycles. The van der Waals surface area contributed by atoms with Gasteiger partial charge in [-0.25, -0.2) is 4.39 Å². The van der Waals surface area contributed by atoms with Crippen LogP contribution in [0.5, 0.6) is 0 Å². The number of piperidine rings is 1. The number of nitrogens with one attached hydrogen (secondary N) is 2. The minimum atomic E-state index is -5.12. The predicted molar refractivity (Wildman–Crippen MR) is 163 cm³/mol. The summed E-state index contributed by atoms with van der Waals surface area (Å²) in [6.07, 6.45) is -7.64. The van der Waals surface area contributed by atoms with Gasteiger partial charge in [-0.05, 0) is 84.8 Å². The van der Waals surface area contributed by atoms with E-state index >= 15 is 0 Å². The van der Waals surface area contributed by atoms with Crippen LogP contribution in [0.25, 0.3) is 0 Å². The van der Waals surface area contributed by atoms with E-state index in [1.165, 1.54) is 42.0 Å². The van der Waals surface area contributed by atoms with E-state index < -0.39 is 46.7 Å². The molecule has 0 spiro atoms. The summed E-state index contributed by atoms with van der Waals surface area (Å²) in [7, 11) is 0. The summed E-state index contributed by atoms with van der Waals surface area (Å²) < 4.78 is 93.6. The van der Waals surface area contributed by atoms with Gasteiger partial charge in [0.1, 0.15) is 5.82 Å². The molecular formula is C35H30F7N3O2. The number of anilines is 2. The van der Waals surface area contributed by atoms with Crippen LogP contribution in [-0.4, -0.2) is 24.9 Å². The summed E-state index contributed by atoms with van der Waals surface area (Å²) in [4.78, 5) is 28.5. The maximum Gasteiger partial charge on any atom is 0.416 e. The zero-order chi connectivity index (χ0) is 33.8. The van der Waals surface area contributed by atoms with E-state index in [9.17, 15) is 40.3 Å². The van der Waals surface area contributed by atoms with Crippen LogP contribution in [0.15, 0.2) is 91.0 Å². The molecule has 12 heteroatoms. The van der Waals surface area contributed by atoms with E-state index in [1.54, 1.807) is 6.07 Å². The maximum atomic E-state index is 13.5. The molecule has 0 bridgehead atoms. The Morgan fingerprint density at radius 3 is 1.94 bits per heavy atom. The number of alkyl halides is 6. The van der Waals surface area contributed by atoms with Gasteiger partial charge < -0.3 is 15.5 Å². The summed E-state index contributed by atoms with van der Waals surface area (Å²) in [6, 6.07) is 20.6. The molecule has 47 heavy (non-hydrogen) atoms. The Hall–Kier alpha value is -4.87. The molecule has 1 aliphatic rings. The molecule has 2 amide bonds. The first-order valence-electron chi connectivity index (χ1n) is 14.8. The Bertz CT molecular complexity index is 1680. The Kier molecular flexibility index (Phi) is 9.88. The van der Waals surface area contributed by atoms with Crippen LogP contribution >= 0.6 is 0 Å². The molecule has 1 fully saturated rings. The average molecular weight is 658 g/mol. The van der Waals surface area contributed by atoms with E-state index in [1.807, 2.05) is 23.1 Å². The quantitative estimate of drug-likeness (QED) is 0.187. The lowest BCUT2D eigenvalue weighted by atomic mass is 9.89. The fourth-order valence-corrected chi connectivity index (χ4v) is 5.57. The zero-order valence-corrected chi connectivity index (χ0v) is 24.9. The van der Waals surface area contributed by atoms with Crippen LogP contribution in [0.1, 0.15) is 55.8 Å². The van der Waals surface area contributed by atoms with Gasteiger partial charge in [0.25, 0.3) is 11.8 Å². The Balaban J connectivity index is 1.39. The van der Waals surface area contributed by atoms with Crippen molar-refractivity contribution in [1.82, 2.24) is 5.32 Å². The molecule has 5 rings (SSSR count). The summed E-state index contributed by atoms with van der Waals surface area (Å²) >= 11 is 0. The first kappa shape index (κ1) is 33.5. The van der Waals surface area contributed by atoms with Crippen LogP contribution in [0.3, 0.4) is 0 Å². The molecule has 4 aromatic rings. The molecule has 2 N–H and O–H groups in total. The number of hydrogen-bond donors (Lipinski definition) is 2. The fourth-order valence-electron chi connectivity index (χ4n) is 5.57. The first-order valence-corrected chi connectivity index (χ1v) is 14.8. The van der Waals surface area contributed by atoms with Crippen LogP contribution in [0.2, 0.25) is 0 Å². The van der Waals surface area contributed by atoms with Crippen LogP contribution in [0.4, 0.5) is 42.1 Å². The largest absolute Gasteiger partial charge is 0.416 e. The standard InChI is InChI=1S/C35H30F7N3O2/c36-28-8-6-24(7-9-28)21-43-33(47)30-20-29(44-32(46)25-17-26(34(37,38)39)19-27(18-25)35(40,41)42)10-11-31(30)45-14-12-23(13-15-45)16-22-4-2-1-3-5-22/h1-11,17-20,23H,12-16,21H2,(H,43,47)(H,44,46). The molecule has 246 valence electrons. The molecule has 0 radical (unpaired) electrons. The van der Waals surface area contributed by atoms with Crippen molar-refractivity contribution in [3.05, 3.63) is 130 Å². The molecule has 5 nitrogen and oxygen atoms in total. The maximum absolute atomic E-state index is 13.5. The summed E-state index contributed by atoms with van der Waals surface area (Å²) in [5.41, 5.74) is -1.54. The lowest BCUT2D eigenvalue weighted by molar-refractivity contribution is -0.143. The molecule has 0 aromatic heterocycles. The molecule has 0 atom stereocenters. The number of hydrogen-bond acceptors (Lipinski definition) is 3. The summed E-state index contributed by atoms with van der Waals surface area (Å²) in [5.74, 6) is -1.76. The number of benzene rings is 4. The Labute approximate surface area is 266 Å². The van der Waals surface area contributed by atoms with E-state index in [0.717, 1.165) is 19.3 Å². The van der Waals surface area contributed by atoms with E-state index in [0.29, 0.717) is 42.4 Å². The van der Waals surface area contributed by atoms with Gasteiger partial charge in [0.2, 0.25) is 0 Å². The van der Waals surface area contributed by atoms with E-state index in [2.05, 4.69) is 22.8 Å². The molecule has 1 heterocycles. The molecule has 0 unspecified atom stereocenters. The number of halogens is 7. The number of rotatable bonds is 8. The molecule has 0 saturated carbocycles. The van der Waals surface area contributed by atoms with Crippen molar-refractivity contribution in [3.8, 4) is 0 Å². The fraction of sp³-hybridized carbons (Fsp3) is 0.257. The second-order valence-corrected chi connectivity index (χ2v) is 11.4. The van der Waals surface area contributed by atoms with Crippen molar-refractivity contribution >= 4 is 23.2 Å². The van der Waals surface area contributed by atoms with Crippen LogP contribution < -0.4 is 15.5 Å². The Morgan fingerprint density at radius 2 is 1.34 bits per heavy atom. The highest BCUT2D eigenvalue weighted by Crippen LogP contribution is 2.37. The van der Waals surface area contributed by atoms with Gasteiger partial charge in [0, 0.05) is 36.6 Å². The van der Waals surface area contributed by atoms with Gasteiger partial charge in [0.05, 0.1) is 16.7 Å². The number of nitrogens with zero attached hydrogens (tertiary/aromatic N) is 1. The average Bonchev–Trinajstić information content (AvgIpc) is 3.04. The van der Waals surface area contributed by atoms with Gasteiger partial charge in [0.15, 0.2) is 0 Å². The SMILES string of the molecule is O=C(Nc1ccc(N2CCC(Cc3ccccc3)CC2)c(C(=O)NCc2ccc(F)cc2)c1)c1cc(C(F)(F)F)cc(C(F)(F)F)c1. The third kappa shape index (κ3) is 8.69. The lowest BCUT2D eigenvalue weighted by Crippen LogP contribution is -2.36. The van der Waals surface area contributed by atoms with Gasteiger partial charge >= 0.3 is 12.4 Å². The summed E-state index contributed by atoms with van der Waals surface area (Å²) in [6.45, 7) is 1.32. The third-order valence-corrected chi connectivity index (χ3v) is 8.04. The highest BCUT2D eigenvalue weighted by molar-refractivity contribution is 6.06. The van der Waals surface area contributed by atoms with Crippen molar-refractivity contribution in [2.75, 3.05) is 23.3 Å². The monoisotopic (exact) mass is 657 g/mol. The van der Waals surface area contributed by atoms with Crippen molar-refractivity contribution in [2.24, 2.45) is 5.92 Å². The number of amides is 2. The molecule has 1 aliphatic heterocycles. The highest BCUT2D eigenvalue weighted by atomic mass is 19.4. The van der Waals surface area contributed by atoms with Crippen molar-refractivity contribution < 1.29 is 40.3 Å². The minimum Gasteiger partial charge on any atom is -0.371 e. The normalized spacial score (nSPS) is 14.1. The lowest BCUT2D eigenvalue weighted by Gasteiger charge is -2.35. The van der Waals surface area contributed by atoms with Crippen molar-refractivity contribution in [1.29, 1.82) is 0 Å². The topological polar surface area (TPSA) is 61.4 Å². The van der Waals surface area contributed by atoms with Crippen LogP contribution in [-0.2, 0) is 25.3 Å². The van der Waals surface area contributed by atoms with Crippen molar-refractivity contribution in [2.45, 2.75) is 38.2 Å². The van der Waals surface area contributed by atoms with Gasteiger partial charge in [-0.3, -0.25) is 9.59 Å². The molecule has 0 aliphatic carbocycles. The van der Waals surface area contributed by atoms with Crippen LogP contribution in [0, 0.1) is 11.7 Å². The smallest absolute Gasteiger partial charge is 0.371 e. The second-order valence-electron chi connectivity index (χ2n) is 11.4. The summed E-state index contributed by atoms with van der Waals surface area (Å²) in [5, 5.41) is 5.11. The van der Waals surface area contributed by atoms with E-state index in [4.69, 9.17) is 0 Å².